The number of sulfone groups is 1. The molecule has 9 heteroatoms. The maximum atomic E-state index is 12.9. The Morgan fingerprint density at radius 2 is 1.00 bits per heavy atom. The minimum Gasteiger partial charge on any atom is -0.325 e. The molecule has 0 unspecified atom stereocenters. The number of nitrogens with one attached hydrogen (secondary N) is 4. The summed E-state index contributed by atoms with van der Waals surface area (Å²) in [5.74, 6) is -0.406. The highest BCUT2D eigenvalue weighted by Gasteiger charge is 2.18. The zero-order chi connectivity index (χ0) is 23.0. The predicted molar refractivity (Wildman–Crippen MR) is 122 cm³/mol. The molecule has 2 amide bonds. The number of carbonyl (C=O) groups is 2. The number of anilines is 2. The van der Waals surface area contributed by atoms with Crippen LogP contribution in [-0.4, -0.2) is 45.4 Å². The topological polar surface area (TPSA) is 116 Å². The maximum absolute atomic E-state index is 12.9. The standard InChI is InChI=1S/C22H30N4O4S/c1-15(2)23-13-21(27)25-17-5-9-19(10-6-17)31(29,30)20-11-7-18(8-12-20)26-22(28)14-24-16(3)4/h5-12,15-16,23-24H,13-14H2,1-4H3,(H,25,27)(H,26,28). The lowest BCUT2D eigenvalue weighted by molar-refractivity contribution is -0.116. The summed E-state index contributed by atoms with van der Waals surface area (Å²) < 4.78 is 25.7. The SMILES string of the molecule is CC(C)NCC(=O)Nc1ccc(S(=O)(=O)c2ccc(NC(=O)CNC(C)C)cc2)cc1. The molecule has 0 heterocycles. The Morgan fingerprint density at radius 3 is 1.29 bits per heavy atom. The molecule has 0 atom stereocenters. The highest BCUT2D eigenvalue weighted by molar-refractivity contribution is 7.91. The largest absolute Gasteiger partial charge is 0.325 e. The van der Waals surface area contributed by atoms with Gasteiger partial charge in [-0.05, 0) is 48.5 Å². The fourth-order valence-electron chi connectivity index (χ4n) is 2.57. The summed E-state index contributed by atoms with van der Waals surface area (Å²) in [7, 11) is -3.72. The predicted octanol–water partition coefficient (Wildman–Crippen LogP) is 2.39. The van der Waals surface area contributed by atoms with Crippen LogP contribution in [0.1, 0.15) is 27.7 Å². The smallest absolute Gasteiger partial charge is 0.238 e. The van der Waals surface area contributed by atoms with E-state index in [4.69, 9.17) is 0 Å². The monoisotopic (exact) mass is 446 g/mol. The quantitative estimate of drug-likeness (QED) is 0.445. The summed E-state index contributed by atoms with van der Waals surface area (Å²) in [6.45, 7) is 8.12. The summed E-state index contributed by atoms with van der Waals surface area (Å²) in [6, 6.07) is 12.4. The van der Waals surface area contributed by atoms with Crippen molar-refractivity contribution in [3.8, 4) is 0 Å². The van der Waals surface area contributed by atoms with Gasteiger partial charge < -0.3 is 21.3 Å². The molecule has 2 aromatic carbocycles. The first-order valence-electron chi connectivity index (χ1n) is 10.1. The molecule has 0 aliphatic heterocycles. The van der Waals surface area contributed by atoms with Crippen LogP contribution in [0.15, 0.2) is 58.3 Å². The van der Waals surface area contributed by atoms with Gasteiger partial charge in [-0.15, -0.1) is 0 Å². The molecular weight excluding hydrogens is 416 g/mol. The number of rotatable bonds is 10. The van der Waals surface area contributed by atoms with Crippen LogP contribution in [0.3, 0.4) is 0 Å². The number of carbonyl (C=O) groups excluding carboxylic acids is 2. The maximum Gasteiger partial charge on any atom is 0.238 e. The van der Waals surface area contributed by atoms with Crippen molar-refractivity contribution in [2.75, 3.05) is 23.7 Å². The highest BCUT2D eigenvalue weighted by atomic mass is 32.2. The van der Waals surface area contributed by atoms with Gasteiger partial charge in [0, 0.05) is 23.5 Å². The molecule has 2 aromatic rings. The summed E-state index contributed by atoms with van der Waals surface area (Å²) in [4.78, 5) is 24.0. The van der Waals surface area contributed by atoms with Gasteiger partial charge in [0.25, 0.3) is 0 Å². The van der Waals surface area contributed by atoms with Crippen LogP contribution >= 0.6 is 0 Å². The number of benzene rings is 2. The number of hydrogen-bond donors (Lipinski definition) is 4. The van der Waals surface area contributed by atoms with Crippen molar-refractivity contribution in [1.29, 1.82) is 0 Å². The third kappa shape index (κ3) is 7.78. The van der Waals surface area contributed by atoms with Crippen molar-refractivity contribution in [2.45, 2.75) is 49.6 Å². The molecule has 0 saturated carbocycles. The van der Waals surface area contributed by atoms with E-state index >= 15 is 0 Å². The Kier molecular flexibility index (Phi) is 8.73. The minimum absolute atomic E-state index is 0.115. The van der Waals surface area contributed by atoms with Gasteiger partial charge in [0.1, 0.15) is 0 Å². The van der Waals surface area contributed by atoms with E-state index in [1.54, 1.807) is 24.3 Å². The fourth-order valence-corrected chi connectivity index (χ4v) is 3.84. The zero-order valence-corrected chi connectivity index (χ0v) is 19.0. The van der Waals surface area contributed by atoms with Gasteiger partial charge in [0.2, 0.25) is 21.7 Å². The zero-order valence-electron chi connectivity index (χ0n) is 18.2. The van der Waals surface area contributed by atoms with Gasteiger partial charge in [-0.2, -0.15) is 0 Å². The lowest BCUT2D eigenvalue weighted by Gasteiger charge is -2.11. The van der Waals surface area contributed by atoms with Crippen LogP contribution in [0, 0.1) is 0 Å². The first-order chi connectivity index (χ1) is 14.6. The molecule has 2 rings (SSSR count). The van der Waals surface area contributed by atoms with Crippen LogP contribution in [0.25, 0.3) is 0 Å². The van der Waals surface area contributed by atoms with Crippen LogP contribution in [0.5, 0.6) is 0 Å². The molecule has 168 valence electrons. The third-order valence-corrected chi connectivity index (χ3v) is 6.02. The van der Waals surface area contributed by atoms with E-state index in [1.807, 2.05) is 27.7 Å². The van der Waals surface area contributed by atoms with Gasteiger partial charge in [-0.25, -0.2) is 8.42 Å². The molecular formula is C22H30N4O4S. The molecule has 0 aliphatic carbocycles. The van der Waals surface area contributed by atoms with Gasteiger partial charge >= 0.3 is 0 Å². The molecule has 0 fully saturated rings. The average molecular weight is 447 g/mol. The Bertz CT molecular complexity index is 910. The van der Waals surface area contributed by atoms with E-state index in [9.17, 15) is 18.0 Å². The normalized spacial score (nSPS) is 11.5. The summed E-state index contributed by atoms with van der Waals surface area (Å²) in [5, 5.41) is 11.5. The second-order valence-corrected chi connectivity index (χ2v) is 9.67. The second kappa shape index (κ2) is 11.0. The molecule has 0 aromatic heterocycles. The van der Waals surface area contributed by atoms with Crippen LogP contribution < -0.4 is 21.3 Å². The van der Waals surface area contributed by atoms with Crippen molar-refractivity contribution in [1.82, 2.24) is 10.6 Å². The summed E-state index contributed by atoms with van der Waals surface area (Å²) >= 11 is 0. The third-order valence-electron chi connectivity index (χ3n) is 4.24. The molecule has 0 bridgehead atoms. The van der Waals surface area contributed by atoms with E-state index in [1.165, 1.54) is 24.3 Å². The Hall–Kier alpha value is -2.75. The van der Waals surface area contributed by atoms with Gasteiger partial charge in [-0.1, -0.05) is 27.7 Å². The van der Waals surface area contributed by atoms with Crippen molar-refractivity contribution < 1.29 is 18.0 Å². The molecule has 0 spiro atoms. The Morgan fingerprint density at radius 1 is 0.677 bits per heavy atom. The van der Waals surface area contributed by atoms with E-state index in [2.05, 4.69) is 21.3 Å². The van der Waals surface area contributed by atoms with Crippen molar-refractivity contribution in [3.05, 3.63) is 48.5 Å². The molecule has 4 N–H and O–H groups in total. The van der Waals surface area contributed by atoms with Crippen molar-refractivity contribution in [2.24, 2.45) is 0 Å². The van der Waals surface area contributed by atoms with Crippen LogP contribution in [0.4, 0.5) is 11.4 Å². The van der Waals surface area contributed by atoms with E-state index in [0.29, 0.717) is 11.4 Å². The molecule has 0 aliphatic rings. The average Bonchev–Trinajstić information content (AvgIpc) is 2.71. The highest BCUT2D eigenvalue weighted by Crippen LogP contribution is 2.23. The van der Waals surface area contributed by atoms with Gasteiger partial charge in [-0.3, -0.25) is 9.59 Å². The Balaban J connectivity index is 2.02. The van der Waals surface area contributed by atoms with Crippen molar-refractivity contribution >= 4 is 33.0 Å². The minimum atomic E-state index is -3.72. The lowest BCUT2D eigenvalue weighted by Crippen LogP contribution is -2.32. The molecule has 0 saturated heterocycles. The second-order valence-electron chi connectivity index (χ2n) is 7.72. The first kappa shape index (κ1) is 24.5. The van der Waals surface area contributed by atoms with Crippen LogP contribution in [0.2, 0.25) is 0 Å². The first-order valence-corrected chi connectivity index (χ1v) is 11.6. The fraction of sp³-hybridized carbons (Fsp3) is 0.364. The summed E-state index contributed by atoms with van der Waals surface area (Å²) in [6.07, 6.45) is 0. The van der Waals surface area contributed by atoms with Gasteiger partial charge in [0.05, 0.1) is 22.9 Å². The number of amides is 2. The Labute approximate surface area is 183 Å². The van der Waals surface area contributed by atoms with E-state index in [0.717, 1.165) is 0 Å². The summed E-state index contributed by atoms with van der Waals surface area (Å²) in [5.41, 5.74) is 1.03. The van der Waals surface area contributed by atoms with E-state index < -0.39 is 9.84 Å². The lowest BCUT2D eigenvalue weighted by atomic mass is 10.3. The van der Waals surface area contributed by atoms with Crippen molar-refractivity contribution in [3.63, 3.8) is 0 Å². The van der Waals surface area contributed by atoms with Gasteiger partial charge in [0.15, 0.2) is 0 Å². The van der Waals surface area contributed by atoms with E-state index in [-0.39, 0.29) is 46.8 Å². The molecule has 31 heavy (non-hydrogen) atoms. The number of hydrogen-bond acceptors (Lipinski definition) is 6. The molecule has 8 nitrogen and oxygen atoms in total. The molecule has 0 radical (unpaired) electrons. The van der Waals surface area contributed by atoms with Crippen LogP contribution in [-0.2, 0) is 19.4 Å².